The van der Waals surface area contributed by atoms with Gasteiger partial charge >= 0.3 is 6.18 Å². The van der Waals surface area contributed by atoms with Crippen molar-refractivity contribution in [1.82, 2.24) is 0 Å². The molecule has 1 amide bonds. The van der Waals surface area contributed by atoms with Crippen LogP contribution in [0, 0.1) is 0 Å². The highest BCUT2D eigenvalue weighted by Gasteiger charge is 2.31. The summed E-state index contributed by atoms with van der Waals surface area (Å²) in [6.07, 6.45) is -4.11. The molecule has 0 atom stereocenters. The number of carbonyl (C=O) groups excluding carboxylic acids is 1. The Morgan fingerprint density at radius 1 is 1.00 bits per heavy atom. The number of benzene rings is 2. The Balaban J connectivity index is 2.18. The van der Waals surface area contributed by atoms with Gasteiger partial charge in [-0.05, 0) is 42.3 Å². The lowest BCUT2D eigenvalue weighted by Gasteiger charge is -2.20. The van der Waals surface area contributed by atoms with E-state index in [0.717, 1.165) is 17.7 Å². The van der Waals surface area contributed by atoms with E-state index in [4.69, 9.17) is 14.2 Å². The van der Waals surface area contributed by atoms with E-state index >= 15 is 0 Å². The van der Waals surface area contributed by atoms with Gasteiger partial charge in [-0.2, -0.15) is 13.2 Å². The lowest BCUT2D eigenvalue weighted by Crippen LogP contribution is -2.18. The van der Waals surface area contributed by atoms with Gasteiger partial charge in [0.15, 0.2) is 11.5 Å². The molecule has 0 aromatic heterocycles. The fourth-order valence-electron chi connectivity index (χ4n) is 2.95. The number of amides is 1. The molecule has 2 aromatic rings. The van der Waals surface area contributed by atoms with Crippen LogP contribution < -0.4 is 24.4 Å². The maximum Gasteiger partial charge on any atom is 0.416 e. The first-order chi connectivity index (χ1) is 14.1. The maximum absolute atomic E-state index is 13.1. The van der Waals surface area contributed by atoms with Crippen molar-refractivity contribution in [2.45, 2.75) is 19.0 Å². The van der Waals surface area contributed by atoms with E-state index in [1.165, 1.54) is 27.4 Å². The molecule has 0 radical (unpaired) electrons. The number of alkyl halides is 3. The SMILES string of the molecule is COc1cc(CCC(=O)Nc2cc(C(F)(F)F)ccc2N(C)C)cc(OC)c1OC. The van der Waals surface area contributed by atoms with Crippen LogP contribution in [-0.2, 0) is 17.4 Å². The van der Waals surface area contributed by atoms with Crippen molar-refractivity contribution in [3.63, 3.8) is 0 Å². The Kier molecular flexibility index (Phi) is 7.42. The van der Waals surface area contributed by atoms with Crippen molar-refractivity contribution in [1.29, 1.82) is 0 Å². The lowest BCUT2D eigenvalue weighted by atomic mass is 10.1. The molecule has 0 saturated carbocycles. The summed E-state index contributed by atoms with van der Waals surface area (Å²) in [7, 11) is 7.85. The molecule has 0 aliphatic rings. The molecule has 2 rings (SSSR count). The zero-order chi connectivity index (χ0) is 22.5. The normalized spacial score (nSPS) is 11.1. The van der Waals surface area contributed by atoms with Crippen LogP contribution in [-0.4, -0.2) is 41.3 Å². The van der Waals surface area contributed by atoms with Crippen molar-refractivity contribution in [2.24, 2.45) is 0 Å². The van der Waals surface area contributed by atoms with E-state index < -0.39 is 17.6 Å². The number of ether oxygens (including phenoxy) is 3. The minimum atomic E-state index is -4.50. The Hall–Kier alpha value is -3.10. The molecule has 1 N–H and O–H groups in total. The van der Waals surface area contributed by atoms with Crippen molar-refractivity contribution in [3.05, 3.63) is 41.5 Å². The zero-order valence-electron chi connectivity index (χ0n) is 17.5. The molecule has 30 heavy (non-hydrogen) atoms. The number of anilines is 2. The Morgan fingerprint density at radius 3 is 2.07 bits per heavy atom. The average molecular weight is 426 g/mol. The van der Waals surface area contributed by atoms with E-state index in [9.17, 15) is 18.0 Å². The molecule has 0 aliphatic carbocycles. The average Bonchev–Trinajstić information content (AvgIpc) is 2.70. The number of halogens is 3. The lowest BCUT2D eigenvalue weighted by molar-refractivity contribution is -0.137. The van der Waals surface area contributed by atoms with Crippen LogP contribution in [0.25, 0.3) is 0 Å². The molecule has 0 aliphatic heterocycles. The van der Waals surface area contributed by atoms with Crippen molar-refractivity contribution in [3.8, 4) is 17.2 Å². The number of hydrogen-bond donors (Lipinski definition) is 1. The minimum absolute atomic E-state index is 0.0573. The third-order valence-electron chi connectivity index (χ3n) is 4.45. The van der Waals surface area contributed by atoms with E-state index in [0.29, 0.717) is 29.4 Å². The van der Waals surface area contributed by atoms with Gasteiger partial charge in [-0.25, -0.2) is 0 Å². The number of nitrogens with one attached hydrogen (secondary N) is 1. The fraction of sp³-hybridized carbons (Fsp3) is 0.381. The van der Waals surface area contributed by atoms with Crippen molar-refractivity contribution >= 4 is 17.3 Å². The summed E-state index contributed by atoms with van der Waals surface area (Å²) >= 11 is 0. The van der Waals surface area contributed by atoms with Crippen LogP contribution in [0.3, 0.4) is 0 Å². The largest absolute Gasteiger partial charge is 0.493 e. The van der Waals surface area contributed by atoms with Crippen LogP contribution in [0.2, 0.25) is 0 Å². The molecule has 0 spiro atoms. The molecule has 0 heterocycles. The third kappa shape index (κ3) is 5.49. The van der Waals surface area contributed by atoms with Crippen molar-refractivity contribution in [2.75, 3.05) is 45.6 Å². The standard InChI is InChI=1S/C21H25F3N2O4/c1-26(2)16-8-7-14(21(22,23)24)12-15(16)25-19(27)9-6-13-10-17(28-3)20(30-5)18(11-13)29-4/h7-8,10-12H,6,9H2,1-5H3,(H,25,27). The molecule has 0 fully saturated rings. The Morgan fingerprint density at radius 2 is 1.60 bits per heavy atom. The highest BCUT2D eigenvalue weighted by atomic mass is 19.4. The summed E-state index contributed by atoms with van der Waals surface area (Å²) in [6, 6.07) is 6.71. The molecule has 9 heteroatoms. The monoisotopic (exact) mass is 426 g/mol. The fourth-order valence-corrected chi connectivity index (χ4v) is 2.95. The first kappa shape index (κ1) is 23.2. The van der Waals surface area contributed by atoms with Crippen molar-refractivity contribution < 1.29 is 32.2 Å². The van der Waals surface area contributed by atoms with Gasteiger partial charge in [0.1, 0.15) is 0 Å². The van der Waals surface area contributed by atoms with Crippen LogP contribution in [0.1, 0.15) is 17.5 Å². The highest BCUT2D eigenvalue weighted by Crippen LogP contribution is 2.38. The number of hydrogen-bond acceptors (Lipinski definition) is 5. The molecule has 0 unspecified atom stereocenters. The maximum atomic E-state index is 13.1. The molecule has 0 saturated heterocycles. The quantitative estimate of drug-likeness (QED) is 0.679. The Bertz CT molecular complexity index is 873. The van der Waals surface area contributed by atoms with Gasteiger partial charge in [0.25, 0.3) is 0 Å². The summed E-state index contributed by atoms with van der Waals surface area (Å²) in [5, 5.41) is 2.59. The predicted molar refractivity (Wildman–Crippen MR) is 109 cm³/mol. The summed E-state index contributed by atoms with van der Waals surface area (Å²) in [5.41, 5.74) is 0.512. The van der Waals surface area contributed by atoms with Crippen LogP contribution in [0.4, 0.5) is 24.5 Å². The summed E-state index contributed by atoms with van der Waals surface area (Å²) in [5.74, 6) is 0.944. The molecule has 6 nitrogen and oxygen atoms in total. The van der Waals surface area contributed by atoms with E-state index in [-0.39, 0.29) is 12.1 Å². The van der Waals surface area contributed by atoms with Gasteiger partial charge in [0, 0.05) is 20.5 Å². The van der Waals surface area contributed by atoms with Gasteiger partial charge in [-0.15, -0.1) is 0 Å². The number of methoxy groups -OCH3 is 3. The summed E-state index contributed by atoms with van der Waals surface area (Å²) in [6.45, 7) is 0. The predicted octanol–water partition coefficient (Wildman–Crippen LogP) is 4.37. The van der Waals surface area contributed by atoms with E-state index in [2.05, 4.69) is 5.32 Å². The minimum Gasteiger partial charge on any atom is -0.493 e. The zero-order valence-corrected chi connectivity index (χ0v) is 17.5. The second-order valence-corrected chi connectivity index (χ2v) is 6.71. The van der Waals surface area contributed by atoms with E-state index in [1.54, 1.807) is 31.1 Å². The van der Waals surface area contributed by atoms with Crippen LogP contribution in [0.15, 0.2) is 30.3 Å². The van der Waals surface area contributed by atoms with Gasteiger partial charge < -0.3 is 24.4 Å². The number of carbonyl (C=O) groups is 1. The molecular formula is C21H25F3N2O4. The van der Waals surface area contributed by atoms with Gasteiger partial charge in [0.2, 0.25) is 11.7 Å². The smallest absolute Gasteiger partial charge is 0.416 e. The van der Waals surface area contributed by atoms with Crippen LogP contribution >= 0.6 is 0 Å². The van der Waals surface area contributed by atoms with Gasteiger partial charge in [-0.3, -0.25) is 4.79 Å². The first-order valence-electron chi connectivity index (χ1n) is 9.08. The second-order valence-electron chi connectivity index (χ2n) is 6.71. The van der Waals surface area contributed by atoms with E-state index in [1.807, 2.05) is 0 Å². The molecule has 164 valence electrons. The number of aryl methyl sites for hydroxylation is 1. The molecular weight excluding hydrogens is 401 g/mol. The number of rotatable bonds is 8. The summed E-state index contributed by atoms with van der Waals surface area (Å²) in [4.78, 5) is 14.1. The molecule has 2 aromatic carbocycles. The highest BCUT2D eigenvalue weighted by molar-refractivity contribution is 5.94. The first-order valence-corrected chi connectivity index (χ1v) is 9.08. The summed E-state index contributed by atoms with van der Waals surface area (Å²) < 4.78 is 55.0. The topological polar surface area (TPSA) is 60.0 Å². The Labute approximate surface area is 173 Å². The molecule has 0 bridgehead atoms. The van der Waals surface area contributed by atoms with Crippen LogP contribution in [0.5, 0.6) is 17.2 Å². The van der Waals surface area contributed by atoms with Gasteiger partial charge in [-0.1, -0.05) is 0 Å². The van der Waals surface area contributed by atoms with Gasteiger partial charge in [0.05, 0.1) is 38.3 Å². The third-order valence-corrected chi connectivity index (χ3v) is 4.45. The second kappa shape index (κ2) is 9.60. The number of nitrogens with zero attached hydrogens (tertiary/aromatic N) is 1.